The van der Waals surface area contributed by atoms with Crippen LogP contribution in [0.2, 0.25) is 0 Å². The molecule has 5 heteroatoms. The van der Waals surface area contributed by atoms with Crippen LogP contribution in [0.25, 0.3) is 21.9 Å². The Morgan fingerprint density at radius 2 is 1.63 bits per heavy atom. The number of ether oxygens (including phenoxy) is 2. The van der Waals surface area contributed by atoms with Gasteiger partial charge in [-0.15, -0.1) is 0 Å². The normalized spacial score (nSPS) is 12.1. The highest BCUT2D eigenvalue weighted by molar-refractivity contribution is 6.06. The number of para-hydroxylation sites is 1. The van der Waals surface area contributed by atoms with Crippen molar-refractivity contribution < 1.29 is 18.7 Å². The van der Waals surface area contributed by atoms with Gasteiger partial charge in [-0.3, -0.25) is 4.79 Å². The summed E-state index contributed by atoms with van der Waals surface area (Å²) in [6.45, 7) is 1.71. The van der Waals surface area contributed by atoms with Crippen molar-refractivity contribution in [3.63, 3.8) is 0 Å². The van der Waals surface area contributed by atoms with E-state index in [-0.39, 0.29) is 5.91 Å². The van der Waals surface area contributed by atoms with Crippen molar-refractivity contribution in [2.75, 3.05) is 12.4 Å². The fourth-order valence-corrected chi connectivity index (χ4v) is 2.96. The van der Waals surface area contributed by atoms with Crippen molar-refractivity contribution in [1.82, 2.24) is 0 Å². The third-order valence-corrected chi connectivity index (χ3v) is 4.39. The molecule has 0 aliphatic heterocycles. The van der Waals surface area contributed by atoms with Gasteiger partial charge in [-0.25, -0.2) is 0 Å². The molecule has 0 saturated carbocycles. The van der Waals surface area contributed by atoms with Gasteiger partial charge in [0.1, 0.15) is 22.7 Å². The summed E-state index contributed by atoms with van der Waals surface area (Å²) in [4.78, 5) is 12.5. The molecule has 1 atom stereocenters. The Bertz CT molecular complexity index is 1100. The molecule has 1 N–H and O–H groups in total. The Morgan fingerprint density at radius 3 is 2.41 bits per heavy atom. The Morgan fingerprint density at radius 1 is 0.926 bits per heavy atom. The molecule has 3 aromatic carbocycles. The molecule has 4 aromatic rings. The summed E-state index contributed by atoms with van der Waals surface area (Å²) in [7, 11) is 1.60. The minimum Gasteiger partial charge on any atom is -0.497 e. The van der Waals surface area contributed by atoms with Crippen LogP contribution in [0, 0.1) is 0 Å². The average molecular weight is 361 g/mol. The third-order valence-electron chi connectivity index (χ3n) is 4.39. The van der Waals surface area contributed by atoms with Gasteiger partial charge in [0.15, 0.2) is 6.10 Å². The number of rotatable bonds is 5. The first-order valence-corrected chi connectivity index (χ1v) is 8.67. The largest absolute Gasteiger partial charge is 0.497 e. The molecule has 5 nitrogen and oxygen atoms in total. The first kappa shape index (κ1) is 17.0. The van der Waals surface area contributed by atoms with Crippen LogP contribution < -0.4 is 14.8 Å². The number of carbonyl (C=O) groups excluding carboxylic acids is 1. The Kier molecular flexibility index (Phi) is 4.42. The summed E-state index contributed by atoms with van der Waals surface area (Å²) in [5, 5.41) is 4.95. The number of hydrogen-bond acceptors (Lipinski definition) is 4. The van der Waals surface area contributed by atoms with Crippen LogP contribution in [-0.4, -0.2) is 19.1 Å². The van der Waals surface area contributed by atoms with Crippen LogP contribution in [-0.2, 0) is 4.79 Å². The van der Waals surface area contributed by atoms with Crippen LogP contribution in [0.1, 0.15) is 6.92 Å². The van der Waals surface area contributed by atoms with E-state index in [1.165, 1.54) is 0 Å². The van der Waals surface area contributed by atoms with Crippen LogP contribution in [0.15, 0.2) is 71.1 Å². The summed E-state index contributed by atoms with van der Waals surface area (Å²) in [5.41, 5.74) is 2.22. The SMILES string of the molecule is COc1ccc(OC(C)C(=O)Nc2ccc3c(c2)oc2ccccc23)cc1. The van der Waals surface area contributed by atoms with Gasteiger partial charge in [0, 0.05) is 22.5 Å². The second-order valence-corrected chi connectivity index (χ2v) is 6.23. The van der Waals surface area contributed by atoms with E-state index in [0.29, 0.717) is 11.4 Å². The second-order valence-electron chi connectivity index (χ2n) is 6.23. The van der Waals surface area contributed by atoms with E-state index in [0.717, 1.165) is 27.7 Å². The summed E-state index contributed by atoms with van der Waals surface area (Å²) in [5.74, 6) is 1.10. The molecular weight excluding hydrogens is 342 g/mol. The van der Waals surface area contributed by atoms with Crippen LogP contribution in [0.3, 0.4) is 0 Å². The molecule has 1 unspecified atom stereocenters. The average Bonchev–Trinajstić information content (AvgIpc) is 3.06. The van der Waals surface area contributed by atoms with Gasteiger partial charge in [0.05, 0.1) is 7.11 Å². The topological polar surface area (TPSA) is 60.7 Å². The molecule has 0 radical (unpaired) electrons. The molecular formula is C22H19NO4. The van der Waals surface area contributed by atoms with Crippen LogP contribution >= 0.6 is 0 Å². The van der Waals surface area contributed by atoms with Crippen molar-refractivity contribution in [2.24, 2.45) is 0 Å². The molecule has 4 rings (SSSR count). The number of amides is 1. The van der Waals surface area contributed by atoms with Crippen molar-refractivity contribution in [2.45, 2.75) is 13.0 Å². The number of anilines is 1. The van der Waals surface area contributed by atoms with Crippen molar-refractivity contribution in [1.29, 1.82) is 0 Å². The number of fused-ring (bicyclic) bond motifs is 3. The zero-order valence-corrected chi connectivity index (χ0v) is 15.1. The number of carbonyl (C=O) groups is 1. The van der Waals surface area contributed by atoms with Crippen molar-refractivity contribution in [3.05, 3.63) is 66.7 Å². The summed E-state index contributed by atoms with van der Waals surface area (Å²) in [6.07, 6.45) is -0.648. The molecule has 27 heavy (non-hydrogen) atoms. The number of methoxy groups -OCH3 is 1. The zero-order chi connectivity index (χ0) is 18.8. The lowest BCUT2D eigenvalue weighted by molar-refractivity contribution is -0.122. The van der Waals surface area contributed by atoms with Crippen LogP contribution in [0.5, 0.6) is 11.5 Å². The minimum atomic E-state index is -0.648. The summed E-state index contributed by atoms with van der Waals surface area (Å²) < 4.78 is 16.7. The minimum absolute atomic E-state index is 0.235. The highest BCUT2D eigenvalue weighted by Crippen LogP contribution is 2.30. The van der Waals surface area contributed by atoms with Gasteiger partial charge < -0.3 is 19.2 Å². The Balaban J connectivity index is 1.48. The predicted molar refractivity (Wildman–Crippen MR) is 105 cm³/mol. The molecule has 1 heterocycles. The lowest BCUT2D eigenvalue weighted by Gasteiger charge is -2.15. The van der Waals surface area contributed by atoms with E-state index in [4.69, 9.17) is 13.9 Å². The van der Waals surface area contributed by atoms with Crippen molar-refractivity contribution in [3.8, 4) is 11.5 Å². The quantitative estimate of drug-likeness (QED) is 0.543. The lowest BCUT2D eigenvalue weighted by atomic mass is 10.1. The van der Waals surface area contributed by atoms with Crippen LogP contribution in [0.4, 0.5) is 5.69 Å². The van der Waals surface area contributed by atoms with E-state index in [1.54, 1.807) is 38.3 Å². The predicted octanol–water partition coefficient (Wildman–Crippen LogP) is 5.00. The van der Waals surface area contributed by atoms with Gasteiger partial charge in [-0.05, 0) is 49.4 Å². The highest BCUT2D eigenvalue weighted by atomic mass is 16.5. The first-order valence-electron chi connectivity index (χ1n) is 8.67. The molecule has 0 aliphatic carbocycles. The highest BCUT2D eigenvalue weighted by Gasteiger charge is 2.16. The monoisotopic (exact) mass is 361 g/mol. The fourth-order valence-electron chi connectivity index (χ4n) is 2.96. The number of benzene rings is 3. The standard InChI is InChI=1S/C22H19NO4/c1-14(26-17-10-8-16(25-2)9-11-17)22(24)23-15-7-12-19-18-5-3-4-6-20(18)27-21(19)13-15/h3-14H,1-2H3,(H,23,24). The first-order chi connectivity index (χ1) is 13.1. The lowest BCUT2D eigenvalue weighted by Crippen LogP contribution is -2.30. The molecule has 136 valence electrons. The fraction of sp³-hybridized carbons (Fsp3) is 0.136. The van der Waals surface area contributed by atoms with Gasteiger partial charge >= 0.3 is 0 Å². The summed E-state index contributed by atoms with van der Waals surface area (Å²) in [6, 6.07) is 20.6. The Labute approximate surface area is 156 Å². The smallest absolute Gasteiger partial charge is 0.265 e. The van der Waals surface area contributed by atoms with Gasteiger partial charge in [0.25, 0.3) is 5.91 Å². The van der Waals surface area contributed by atoms with E-state index >= 15 is 0 Å². The van der Waals surface area contributed by atoms with Crippen molar-refractivity contribution >= 4 is 33.5 Å². The second kappa shape index (κ2) is 7.03. The number of furan rings is 1. The molecule has 0 saturated heterocycles. The number of nitrogens with one attached hydrogen (secondary N) is 1. The van der Waals surface area contributed by atoms with E-state index in [1.807, 2.05) is 42.5 Å². The van der Waals surface area contributed by atoms with Gasteiger partial charge in [0.2, 0.25) is 0 Å². The maximum Gasteiger partial charge on any atom is 0.265 e. The maximum absolute atomic E-state index is 12.5. The zero-order valence-electron chi connectivity index (χ0n) is 15.1. The molecule has 1 amide bonds. The molecule has 0 fully saturated rings. The van der Waals surface area contributed by atoms with E-state index < -0.39 is 6.10 Å². The van der Waals surface area contributed by atoms with Gasteiger partial charge in [-0.1, -0.05) is 18.2 Å². The van der Waals surface area contributed by atoms with Gasteiger partial charge in [-0.2, -0.15) is 0 Å². The molecule has 0 aliphatic rings. The van der Waals surface area contributed by atoms with E-state index in [9.17, 15) is 4.79 Å². The number of hydrogen-bond donors (Lipinski definition) is 1. The molecule has 0 spiro atoms. The Hall–Kier alpha value is -3.47. The van der Waals surface area contributed by atoms with E-state index in [2.05, 4.69) is 5.32 Å². The summed E-state index contributed by atoms with van der Waals surface area (Å²) >= 11 is 0. The molecule has 0 bridgehead atoms. The maximum atomic E-state index is 12.5. The molecule has 1 aromatic heterocycles. The third kappa shape index (κ3) is 3.44.